The van der Waals surface area contributed by atoms with Crippen LogP contribution in [-0.2, 0) is 0 Å². The van der Waals surface area contributed by atoms with Crippen molar-refractivity contribution in [2.75, 3.05) is 18.0 Å². The smallest absolute Gasteiger partial charge is 0.366 e. The molecular weight excluding hydrogens is 280 g/mol. The molecule has 1 aromatic carbocycles. The molecular formula is C12H12F4N2O2. The number of alkyl halides is 3. The molecule has 1 aliphatic heterocycles. The second-order valence-electron chi connectivity index (χ2n) is 4.69. The minimum absolute atomic E-state index is 0.0661. The Bertz CT molecular complexity index is 511. The predicted octanol–water partition coefficient (Wildman–Crippen LogP) is 3.51. The van der Waals surface area contributed by atoms with E-state index in [1.165, 1.54) is 11.0 Å². The normalized spacial score (nSPS) is 17.3. The molecule has 0 amide bonds. The lowest BCUT2D eigenvalue weighted by atomic mass is 9.96. The van der Waals surface area contributed by atoms with Crippen molar-refractivity contribution < 1.29 is 22.5 Å². The molecule has 0 spiro atoms. The van der Waals surface area contributed by atoms with Gasteiger partial charge in [-0.25, -0.2) is 4.39 Å². The van der Waals surface area contributed by atoms with E-state index in [1.54, 1.807) is 0 Å². The molecule has 110 valence electrons. The summed E-state index contributed by atoms with van der Waals surface area (Å²) in [4.78, 5) is 11.6. The van der Waals surface area contributed by atoms with E-state index < -0.39 is 28.5 Å². The molecule has 0 atom stereocenters. The molecule has 1 aliphatic rings. The standard InChI is InChI=1S/C12H12F4N2O2/c13-9-1-2-10(11(7-9)18(19)20)17-5-3-8(4-6-17)12(14,15)16/h1-2,7-8H,3-6H2. The first kappa shape index (κ1) is 14.5. The molecule has 2 rings (SSSR count). The van der Waals surface area contributed by atoms with Crippen LogP contribution in [0.5, 0.6) is 0 Å². The first-order valence-corrected chi connectivity index (χ1v) is 6.04. The first-order chi connectivity index (χ1) is 9.29. The van der Waals surface area contributed by atoms with Crippen LogP contribution in [-0.4, -0.2) is 24.2 Å². The Morgan fingerprint density at radius 3 is 2.35 bits per heavy atom. The summed E-state index contributed by atoms with van der Waals surface area (Å²) in [6, 6.07) is 3.09. The Hall–Kier alpha value is -1.86. The van der Waals surface area contributed by atoms with Crippen molar-refractivity contribution >= 4 is 11.4 Å². The number of nitrogens with zero attached hydrogens (tertiary/aromatic N) is 2. The van der Waals surface area contributed by atoms with Crippen LogP contribution < -0.4 is 4.90 Å². The maximum Gasteiger partial charge on any atom is 0.391 e. The molecule has 1 heterocycles. The lowest BCUT2D eigenvalue weighted by molar-refractivity contribution is -0.384. The zero-order chi connectivity index (χ0) is 14.9. The van der Waals surface area contributed by atoms with Crippen LogP contribution >= 0.6 is 0 Å². The predicted molar refractivity (Wildman–Crippen MR) is 64.0 cm³/mol. The van der Waals surface area contributed by atoms with Gasteiger partial charge >= 0.3 is 6.18 Å². The maximum absolute atomic E-state index is 13.0. The minimum Gasteiger partial charge on any atom is -0.366 e. The summed E-state index contributed by atoms with van der Waals surface area (Å²) < 4.78 is 50.7. The molecule has 1 saturated heterocycles. The fourth-order valence-electron chi connectivity index (χ4n) is 2.36. The van der Waals surface area contributed by atoms with Gasteiger partial charge in [0.2, 0.25) is 0 Å². The van der Waals surface area contributed by atoms with Crippen molar-refractivity contribution in [2.45, 2.75) is 19.0 Å². The average molecular weight is 292 g/mol. The van der Waals surface area contributed by atoms with E-state index in [2.05, 4.69) is 0 Å². The maximum atomic E-state index is 13.0. The molecule has 0 saturated carbocycles. The fourth-order valence-corrected chi connectivity index (χ4v) is 2.36. The van der Waals surface area contributed by atoms with Crippen molar-refractivity contribution in [3.63, 3.8) is 0 Å². The third kappa shape index (κ3) is 3.00. The first-order valence-electron chi connectivity index (χ1n) is 6.04. The van der Waals surface area contributed by atoms with Crippen LogP contribution in [0, 0.1) is 21.8 Å². The Morgan fingerprint density at radius 2 is 1.85 bits per heavy atom. The van der Waals surface area contributed by atoms with Crippen LogP contribution in [0.2, 0.25) is 0 Å². The van der Waals surface area contributed by atoms with Gasteiger partial charge in [-0.1, -0.05) is 0 Å². The van der Waals surface area contributed by atoms with E-state index >= 15 is 0 Å². The second-order valence-corrected chi connectivity index (χ2v) is 4.69. The summed E-state index contributed by atoms with van der Waals surface area (Å²) >= 11 is 0. The van der Waals surface area contributed by atoms with Crippen LogP contribution in [0.1, 0.15) is 12.8 Å². The fraction of sp³-hybridized carbons (Fsp3) is 0.500. The van der Waals surface area contributed by atoms with Crippen LogP contribution in [0.4, 0.5) is 28.9 Å². The van der Waals surface area contributed by atoms with Crippen LogP contribution in [0.25, 0.3) is 0 Å². The van der Waals surface area contributed by atoms with Gasteiger partial charge in [-0.05, 0) is 25.0 Å². The summed E-state index contributed by atoms with van der Waals surface area (Å²) in [6.45, 7) is 0.132. The van der Waals surface area contributed by atoms with Crippen LogP contribution in [0.15, 0.2) is 18.2 Å². The summed E-state index contributed by atoms with van der Waals surface area (Å²) in [5.41, 5.74) is -0.257. The van der Waals surface area contributed by atoms with Gasteiger partial charge in [0.05, 0.1) is 16.9 Å². The molecule has 8 heteroatoms. The largest absolute Gasteiger partial charge is 0.391 e. The van der Waals surface area contributed by atoms with E-state index in [4.69, 9.17) is 0 Å². The van der Waals surface area contributed by atoms with E-state index in [-0.39, 0.29) is 31.6 Å². The van der Waals surface area contributed by atoms with Gasteiger partial charge in [-0.15, -0.1) is 0 Å². The molecule has 4 nitrogen and oxygen atoms in total. The molecule has 0 unspecified atom stereocenters. The van der Waals surface area contributed by atoms with Gasteiger partial charge in [0.15, 0.2) is 0 Å². The lowest BCUT2D eigenvalue weighted by Crippen LogP contribution is -2.39. The zero-order valence-electron chi connectivity index (χ0n) is 10.4. The van der Waals surface area contributed by atoms with Crippen molar-refractivity contribution in [3.8, 4) is 0 Å². The number of piperidine rings is 1. The van der Waals surface area contributed by atoms with Crippen molar-refractivity contribution in [1.29, 1.82) is 0 Å². The average Bonchev–Trinajstić information content (AvgIpc) is 2.37. The van der Waals surface area contributed by atoms with E-state index in [9.17, 15) is 27.7 Å². The van der Waals surface area contributed by atoms with Gasteiger partial charge in [0.1, 0.15) is 11.5 Å². The molecule has 0 aliphatic carbocycles. The summed E-state index contributed by atoms with van der Waals surface area (Å²) in [6.07, 6.45) is -4.46. The molecule has 20 heavy (non-hydrogen) atoms. The Kier molecular flexibility index (Phi) is 3.82. The SMILES string of the molecule is O=[N+]([O-])c1cc(F)ccc1N1CCC(C(F)(F)F)CC1. The van der Waals surface area contributed by atoms with E-state index in [0.717, 1.165) is 12.1 Å². The lowest BCUT2D eigenvalue weighted by Gasteiger charge is -2.34. The zero-order valence-corrected chi connectivity index (χ0v) is 10.4. The van der Waals surface area contributed by atoms with Crippen molar-refractivity contribution in [1.82, 2.24) is 0 Å². The summed E-state index contributed by atoms with van der Waals surface area (Å²) in [7, 11) is 0. The number of nitro benzene ring substituents is 1. The molecule has 0 N–H and O–H groups in total. The molecule has 0 bridgehead atoms. The third-order valence-electron chi connectivity index (χ3n) is 3.43. The highest BCUT2D eigenvalue weighted by molar-refractivity contribution is 5.63. The Labute approximate surface area is 112 Å². The number of nitro groups is 1. The number of halogens is 4. The highest BCUT2D eigenvalue weighted by Gasteiger charge is 2.41. The number of rotatable bonds is 2. The van der Waals surface area contributed by atoms with Crippen molar-refractivity contribution in [2.24, 2.45) is 5.92 Å². The topological polar surface area (TPSA) is 46.4 Å². The van der Waals surface area contributed by atoms with Gasteiger partial charge in [0, 0.05) is 13.1 Å². The number of anilines is 1. The molecule has 0 radical (unpaired) electrons. The van der Waals surface area contributed by atoms with Gasteiger partial charge in [-0.2, -0.15) is 13.2 Å². The van der Waals surface area contributed by atoms with E-state index in [0.29, 0.717) is 0 Å². The molecule has 1 aromatic rings. The van der Waals surface area contributed by atoms with Gasteiger partial charge < -0.3 is 4.90 Å². The summed E-state index contributed by atoms with van der Waals surface area (Å²) in [5, 5.41) is 10.9. The highest BCUT2D eigenvalue weighted by atomic mass is 19.4. The Balaban J connectivity index is 2.17. The van der Waals surface area contributed by atoms with E-state index in [1.807, 2.05) is 0 Å². The summed E-state index contributed by atoms with van der Waals surface area (Å²) in [5.74, 6) is -2.12. The van der Waals surface area contributed by atoms with Gasteiger partial charge in [0.25, 0.3) is 5.69 Å². The number of benzene rings is 1. The monoisotopic (exact) mass is 292 g/mol. The van der Waals surface area contributed by atoms with Crippen molar-refractivity contribution in [3.05, 3.63) is 34.1 Å². The van der Waals surface area contributed by atoms with Gasteiger partial charge in [-0.3, -0.25) is 10.1 Å². The highest BCUT2D eigenvalue weighted by Crippen LogP contribution is 2.37. The minimum atomic E-state index is -4.24. The number of hydrogen-bond acceptors (Lipinski definition) is 3. The molecule has 1 fully saturated rings. The second kappa shape index (κ2) is 5.26. The van der Waals surface area contributed by atoms with Crippen LogP contribution in [0.3, 0.4) is 0 Å². The molecule has 0 aromatic heterocycles. The quantitative estimate of drug-likeness (QED) is 0.476. The Morgan fingerprint density at radius 1 is 1.25 bits per heavy atom. The third-order valence-corrected chi connectivity index (χ3v) is 3.43. The number of hydrogen-bond donors (Lipinski definition) is 0.